The predicted octanol–water partition coefficient (Wildman–Crippen LogP) is 2.60. The maximum atomic E-state index is 12.1. The van der Waals surface area contributed by atoms with Crippen molar-refractivity contribution in [1.29, 1.82) is 5.26 Å². The van der Waals surface area contributed by atoms with E-state index in [1.165, 1.54) is 0 Å². The molecule has 0 heterocycles. The van der Waals surface area contributed by atoms with Gasteiger partial charge in [-0.15, -0.1) is 0 Å². The molecule has 0 aliphatic heterocycles. The molecule has 4 heteroatoms. The summed E-state index contributed by atoms with van der Waals surface area (Å²) in [5.41, 5.74) is 2.99. The van der Waals surface area contributed by atoms with Gasteiger partial charge in [0.2, 0.25) is 0 Å². The fourth-order valence-corrected chi connectivity index (χ4v) is 3.04. The summed E-state index contributed by atoms with van der Waals surface area (Å²) in [5.74, 6) is 0. The van der Waals surface area contributed by atoms with Crippen molar-refractivity contribution in [3.05, 3.63) is 34.9 Å². The fourth-order valence-electron chi connectivity index (χ4n) is 2.19. The first-order chi connectivity index (χ1) is 8.43. The first-order valence-corrected chi connectivity index (χ1v) is 7.28. The van der Waals surface area contributed by atoms with Crippen LogP contribution in [0.3, 0.4) is 0 Å². The SMILES string of the molecule is CC(C)(C)S(=O)NC1CCc2c(C#N)cccc21. The molecule has 0 radical (unpaired) electrons. The van der Waals surface area contributed by atoms with Crippen LogP contribution >= 0.6 is 0 Å². The monoisotopic (exact) mass is 262 g/mol. The quantitative estimate of drug-likeness (QED) is 0.890. The average Bonchev–Trinajstić information content (AvgIpc) is 2.71. The number of benzene rings is 1. The highest BCUT2D eigenvalue weighted by Gasteiger charge is 2.29. The highest BCUT2D eigenvalue weighted by Crippen LogP contribution is 2.33. The number of nitrogens with zero attached hydrogens (tertiary/aromatic N) is 1. The maximum Gasteiger partial charge on any atom is 0.0994 e. The van der Waals surface area contributed by atoms with Crippen molar-refractivity contribution >= 4 is 11.0 Å². The minimum Gasteiger partial charge on any atom is -0.242 e. The number of fused-ring (bicyclic) bond motifs is 1. The molecule has 2 rings (SSSR count). The Morgan fingerprint density at radius 3 is 2.78 bits per heavy atom. The van der Waals surface area contributed by atoms with E-state index in [0.717, 1.165) is 29.5 Å². The van der Waals surface area contributed by atoms with Crippen LogP contribution in [0.1, 0.15) is 49.9 Å². The Balaban J connectivity index is 2.23. The maximum absolute atomic E-state index is 12.1. The van der Waals surface area contributed by atoms with Crippen molar-refractivity contribution in [3.8, 4) is 6.07 Å². The Morgan fingerprint density at radius 1 is 1.44 bits per heavy atom. The van der Waals surface area contributed by atoms with E-state index in [2.05, 4.69) is 10.8 Å². The number of nitrogens with one attached hydrogen (secondary N) is 1. The lowest BCUT2D eigenvalue weighted by molar-refractivity contribution is 0.596. The van der Waals surface area contributed by atoms with E-state index >= 15 is 0 Å². The van der Waals surface area contributed by atoms with Crippen LogP contribution in [0.25, 0.3) is 0 Å². The van der Waals surface area contributed by atoms with Crippen molar-refractivity contribution in [2.45, 2.75) is 44.4 Å². The van der Waals surface area contributed by atoms with Crippen LogP contribution in [-0.4, -0.2) is 8.96 Å². The second kappa shape index (κ2) is 4.83. The Hall–Kier alpha value is -1.18. The number of hydrogen-bond acceptors (Lipinski definition) is 2. The molecule has 1 aliphatic carbocycles. The van der Waals surface area contributed by atoms with E-state index in [9.17, 15) is 4.21 Å². The molecule has 0 aromatic heterocycles. The molecule has 18 heavy (non-hydrogen) atoms. The predicted molar refractivity (Wildman–Crippen MR) is 73.3 cm³/mol. The van der Waals surface area contributed by atoms with E-state index in [0.29, 0.717) is 0 Å². The van der Waals surface area contributed by atoms with Gasteiger partial charge in [-0.3, -0.25) is 0 Å². The summed E-state index contributed by atoms with van der Waals surface area (Å²) in [6, 6.07) is 8.11. The number of nitriles is 1. The van der Waals surface area contributed by atoms with Gasteiger partial charge in [0.15, 0.2) is 0 Å². The molecule has 3 nitrogen and oxygen atoms in total. The van der Waals surface area contributed by atoms with Crippen molar-refractivity contribution in [2.24, 2.45) is 0 Å². The molecular formula is C14H18N2OS. The van der Waals surface area contributed by atoms with Gasteiger partial charge < -0.3 is 0 Å². The molecule has 0 saturated heterocycles. The molecule has 1 aromatic rings. The van der Waals surface area contributed by atoms with Gasteiger partial charge in [-0.25, -0.2) is 8.93 Å². The van der Waals surface area contributed by atoms with Crippen LogP contribution in [0.2, 0.25) is 0 Å². The third-order valence-corrected chi connectivity index (χ3v) is 4.81. The molecule has 96 valence electrons. The molecule has 0 saturated carbocycles. The van der Waals surface area contributed by atoms with Crippen LogP contribution in [0, 0.1) is 11.3 Å². The second-order valence-corrected chi connectivity index (χ2v) is 7.57. The zero-order chi connectivity index (χ0) is 13.3. The molecule has 2 unspecified atom stereocenters. The normalized spacial score (nSPS) is 20.2. The lowest BCUT2D eigenvalue weighted by Crippen LogP contribution is -2.35. The van der Waals surface area contributed by atoms with E-state index in [1.54, 1.807) is 0 Å². The van der Waals surface area contributed by atoms with Gasteiger partial charge in [0, 0.05) is 6.04 Å². The Kier molecular flexibility index (Phi) is 3.56. The van der Waals surface area contributed by atoms with E-state index < -0.39 is 11.0 Å². The third kappa shape index (κ3) is 2.47. The highest BCUT2D eigenvalue weighted by atomic mass is 32.2. The van der Waals surface area contributed by atoms with Crippen molar-refractivity contribution in [1.82, 2.24) is 4.72 Å². The second-order valence-electron chi connectivity index (χ2n) is 5.58. The summed E-state index contributed by atoms with van der Waals surface area (Å²) in [6.45, 7) is 5.87. The van der Waals surface area contributed by atoms with Crippen molar-refractivity contribution in [3.63, 3.8) is 0 Å². The van der Waals surface area contributed by atoms with Crippen LogP contribution in [0.5, 0.6) is 0 Å². The van der Waals surface area contributed by atoms with Gasteiger partial charge in [0.1, 0.15) is 0 Å². The van der Waals surface area contributed by atoms with Crippen LogP contribution in [0.4, 0.5) is 0 Å². The highest BCUT2D eigenvalue weighted by molar-refractivity contribution is 7.84. The molecule has 1 aliphatic rings. The van der Waals surface area contributed by atoms with Gasteiger partial charge >= 0.3 is 0 Å². The zero-order valence-corrected chi connectivity index (χ0v) is 11.8. The topological polar surface area (TPSA) is 52.9 Å². The largest absolute Gasteiger partial charge is 0.242 e. The lowest BCUT2D eigenvalue weighted by Gasteiger charge is -2.22. The smallest absolute Gasteiger partial charge is 0.0994 e. The van der Waals surface area contributed by atoms with Crippen LogP contribution < -0.4 is 4.72 Å². The zero-order valence-electron chi connectivity index (χ0n) is 11.0. The van der Waals surface area contributed by atoms with Crippen molar-refractivity contribution in [2.75, 3.05) is 0 Å². The Labute approximate surface area is 111 Å². The number of rotatable bonds is 2. The minimum atomic E-state index is -1.08. The van der Waals surface area contributed by atoms with Gasteiger partial charge in [-0.05, 0) is 50.8 Å². The minimum absolute atomic E-state index is 0.105. The third-order valence-electron chi connectivity index (χ3n) is 3.20. The molecule has 0 bridgehead atoms. The van der Waals surface area contributed by atoms with Crippen LogP contribution in [-0.2, 0) is 17.4 Å². The van der Waals surface area contributed by atoms with E-state index in [-0.39, 0.29) is 10.8 Å². The Morgan fingerprint density at radius 2 is 2.17 bits per heavy atom. The molecule has 0 amide bonds. The average molecular weight is 262 g/mol. The van der Waals surface area contributed by atoms with Gasteiger partial charge in [0.25, 0.3) is 0 Å². The summed E-state index contributed by atoms with van der Waals surface area (Å²) in [6.07, 6.45) is 1.80. The standard InChI is InChI=1S/C14H18N2OS/c1-14(2,3)18(17)16-13-8-7-11-10(9-15)5-4-6-12(11)13/h4-6,13,16H,7-8H2,1-3H3. The molecule has 1 N–H and O–H groups in total. The van der Waals surface area contributed by atoms with Crippen LogP contribution in [0.15, 0.2) is 18.2 Å². The number of hydrogen-bond donors (Lipinski definition) is 1. The summed E-state index contributed by atoms with van der Waals surface area (Å²) in [4.78, 5) is 0. The summed E-state index contributed by atoms with van der Waals surface area (Å²) < 4.78 is 15.0. The van der Waals surface area contributed by atoms with Gasteiger partial charge in [-0.1, -0.05) is 12.1 Å². The lowest BCUT2D eigenvalue weighted by atomic mass is 10.0. The summed E-state index contributed by atoms with van der Waals surface area (Å²) >= 11 is 0. The molecule has 1 aromatic carbocycles. The first kappa shape index (κ1) is 13.3. The van der Waals surface area contributed by atoms with E-state index in [1.807, 2.05) is 39.0 Å². The molecule has 0 spiro atoms. The molecule has 2 atom stereocenters. The van der Waals surface area contributed by atoms with Gasteiger partial charge in [0.05, 0.1) is 27.4 Å². The summed E-state index contributed by atoms with van der Waals surface area (Å²) in [7, 11) is -1.08. The Bertz CT molecular complexity index is 526. The van der Waals surface area contributed by atoms with Gasteiger partial charge in [-0.2, -0.15) is 5.26 Å². The first-order valence-electron chi connectivity index (χ1n) is 6.13. The summed E-state index contributed by atoms with van der Waals surface area (Å²) in [5, 5.41) is 9.07. The van der Waals surface area contributed by atoms with E-state index in [4.69, 9.17) is 5.26 Å². The molecular weight excluding hydrogens is 244 g/mol. The van der Waals surface area contributed by atoms with Crippen molar-refractivity contribution < 1.29 is 4.21 Å². The molecule has 0 fully saturated rings. The fraction of sp³-hybridized carbons (Fsp3) is 0.500.